The first-order valence-corrected chi connectivity index (χ1v) is 6.59. The molecule has 18 heavy (non-hydrogen) atoms. The second kappa shape index (κ2) is 7.17. The lowest BCUT2D eigenvalue weighted by atomic mass is 9.91. The van der Waals surface area contributed by atoms with Crippen molar-refractivity contribution in [1.29, 1.82) is 0 Å². The standard InChI is InChI=1S/C15H23NO2/c1-4-11(5-2)12-6-7-15(18-3)13(10-12)14(17)8-9-16/h6-7,10-11H,4-5,8-9,16H2,1-3H3. The zero-order valence-electron chi connectivity index (χ0n) is 11.5. The van der Waals surface area contributed by atoms with Gasteiger partial charge < -0.3 is 10.5 Å². The van der Waals surface area contributed by atoms with Gasteiger partial charge in [-0.2, -0.15) is 0 Å². The molecule has 1 aromatic rings. The van der Waals surface area contributed by atoms with Crippen LogP contribution in [0.15, 0.2) is 18.2 Å². The van der Waals surface area contributed by atoms with Gasteiger partial charge in [0, 0.05) is 6.42 Å². The SMILES string of the molecule is CCC(CC)c1ccc(OC)c(C(=O)CCN)c1. The molecule has 1 rings (SSSR count). The summed E-state index contributed by atoms with van der Waals surface area (Å²) in [6, 6.07) is 5.90. The average molecular weight is 249 g/mol. The number of ether oxygens (including phenoxy) is 1. The zero-order valence-corrected chi connectivity index (χ0v) is 11.5. The van der Waals surface area contributed by atoms with Crippen LogP contribution in [0.3, 0.4) is 0 Å². The first kappa shape index (κ1) is 14.7. The van der Waals surface area contributed by atoms with E-state index >= 15 is 0 Å². The number of carbonyl (C=O) groups is 1. The number of hydrogen-bond acceptors (Lipinski definition) is 3. The number of methoxy groups -OCH3 is 1. The molecular formula is C15H23NO2. The maximum absolute atomic E-state index is 12.0. The molecule has 0 fully saturated rings. The Labute approximate surface area is 109 Å². The second-order valence-electron chi connectivity index (χ2n) is 4.43. The van der Waals surface area contributed by atoms with Crippen molar-refractivity contribution in [1.82, 2.24) is 0 Å². The van der Waals surface area contributed by atoms with Crippen LogP contribution >= 0.6 is 0 Å². The number of rotatable bonds is 7. The lowest BCUT2D eigenvalue weighted by Gasteiger charge is -2.15. The highest BCUT2D eigenvalue weighted by molar-refractivity contribution is 5.99. The molecule has 0 radical (unpaired) electrons. The van der Waals surface area contributed by atoms with E-state index < -0.39 is 0 Å². The lowest BCUT2D eigenvalue weighted by Crippen LogP contribution is -2.10. The first-order valence-electron chi connectivity index (χ1n) is 6.59. The predicted molar refractivity (Wildman–Crippen MR) is 74.3 cm³/mol. The molecule has 0 atom stereocenters. The van der Waals surface area contributed by atoms with E-state index in [1.165, 1.54) is 5.56 Å². The minimum absolute atomic E-state index is 0.0576. The van der Waals surface area contributed by atoms with E-state index in [1.807, 2.05) is 12.1 Å². The number of hydrogen-bond donors (Lipinski definition) is 1. The van der Waals surface area contributed by atoms with Crippen LogP contribution in [0.25, 0.3) is 0 Å². The summed E-state index contributed by atoms with van der Waals surface area (Å²) < 4.78 is 5.25. The highest BCUT2D eigenvalue weighted by Gasteiger charge is 2.15. The largest absolute Gasteiger partial charge is 0.496 e. The number of benzene rings is 1. The van der Waals surface area contributed by atoms with Crippen molar-refractivity contribution in [2.45, 2.75) is 39.0 Å². The molecule has 0 aromatic heterocycles. The number of nitrogens with two attached hydrogens (primary N) is 1. The summed E-state index contributed by atoms with van der Waals surface area (Å²) in [6.45, 7) is 4.71. The van der Waals surface area contributed by atoms with Gasteiger partial charge >= 0.3 is 0 Å². The van der Waals surface area contributed by atoms with Gasteiger partial charge in [0.1, 0.15) is 5.75 Å². The van der Waals surface area contributed by atoms with Crippen molar-refractivity contribution in [3.8, 4) is 5.75 Å². The maximum Gasteiger partial charge on any atom is 0.167 e. The molecule has 2 N–H and O–H groups in total. The van der Waals surface area contributed by atoms with Crippen LogP contribution in [0, 0.1) is 0 Å². The molecule has 0 saturated carbocycles. The molecule has 3 heteroatoms. The Hall–Kier alpha value is -1.35. The quantitative estimate of drug-likeness (QED) is 0.755. The van der Waals surface area contributed by atoms with E-state index in [0.29, 0.717) is 30.2 Å². The zero-order chi connectivity index (χ0) is 13.5. The average Bonchev–Trinajstić information content (AvgIpc) is 2.40. The summed E-state index contributed by atoms with van der Waals surface area (Å²) in [4.78, 5) is 12.0. The van der Waals surface area contributed by atoms with Crippen LogP contribution in [0.2, 0.25) is 0 Å². The predicted octanol–water partition coefficient (Wildman–Crippen LogP) is 3.13. The molecule has 0 aliphatic rings. The first-order chi connectivity index (χ1) is 8.67. The van der Waals surface area contributed by atoms with Gasteiger partial charge in [-0.15, -0.1) is 0 Å². The number of carbonyl (C=O) groups excluding carboxylic acids is 1. The third-order valence-corrected chi connectivity index (χ3v) is 3.35. The van der Waals surface area contributed by atoms with Gasteiger partial charge in [-0.25, -0.2) is 0 Å². The van der Waals surface area contributed by atoms with E-state index in [0.717, 1.165) is 12.8 Å². The van der Waals surface area contributed by atoms with Crippen molar-refractivity contribution < 1.29 is 9.53 Å². The summed E-state index contributed by atoms with van der Waals surface area (Å²) in [5.74, 6) is 1.20. The third-order valence-electron chi connectivity index (χ3n) is 3.35. The molecule has 0 spiro atoms. The minimum atomic E-state index is 0.0576. The fraction of sp³-hybridized carbons (Fsp3) is 0.533. The lowest BCUT2D eigenvalue weighted by molar-refractivity contribution is 0.0982. The Morgan fingerprint density at radius 3 is 2.50 bits per heavy atom. The Morgan fingerprint density at radius 1 is 1.33 bits per heavy atom. The van der Waals surface area contributed by atoms with Crippen molar-refractivity contribution in [3.63, 3.8) is 0 Å². The molecule has 0 saturated heterocycles. The molecule has 0 aliphatic heterocycles. The molecule has 0 amide bonds. The molecule has 0 unspecified atom stereocenters. The summed E-state index contributed by atoms with van der Waals surface area (Å²) in [7, 11) is 1.59. The molecule has 0 bridgehead atoms. The minimum Gasteiger partial charge on any atom is -0.496 e. The van der Waals surface area contributed by atoms with E-state index in [-0.39, 0.29) is 5.78 Å². The van der Waals surface area contributed by atoms with E-state index in [9.17, 15) is 4.79 Å². The Kier molecular flexibility index (Phi) is 5.86. The van der Waals surface area contributed by atoms with Crippen LogP contribution < -0.4 is 10.5 Å². The van der Waals surface area contributed by atoms with E-state index in [2.05, 4.69) is 19.9 Å². The smallest absolute Gasteiger partial charge is 0.167 e. The fourth-order valence-electron chi connectivity index (χ4n) is 2.22. The van der Waals surface area contributed by atoms with Gasteiger partial charge in [-0.1, -0.05) is 19.9 Å². The van der Waals surface area contributed by atoms with Gasteiger partial charge in [-0.3, -0.25) is 4.79 Å². The maximum atomic E-state index is 12.0. The van der Waals surface area contributed by atoms with Crippen LogP contribution in [0.5, 0.6) is 5.75 Å². The molecule has 3 nitrogen and oxygen atoms in total. The van der Waals surface area contributed by atoms with Gasteiger partial charge in [0.15, 0.2) is 5.78 Å². The molecular weight excluding hydrogens is 226 g/mol. The highest BCUT2D eigenvalue weighted by atomic mass is 16.5. The summed E-state index contributed by atoms with van der Waals surface area (Å²) in [5.41, 5.74) is 7.32. The van der Waals surface area contributed by atoms with Gasteiger partial charge in [-0.05, 0) is 43.0 Å². The Bertz CT molecular complexity index is 397. The second-order valence-corrected chi connectivity index (χ2v) is 4.43. The van der Waals surface area contributed by atoms with Gasteiger partial charge in [0.25, 0.3) is 0 Å². The van der Waals surface area contributed by atoms with Crippen molar-refractivity contribution in [3.05, 3.63) is 29.3 Å². The van der Waals surface area contributed by atoms with Gasteiger partial charge in [0.05, 0.1) is 12.7 Å². The monoisotopic (exact) mass is 249 g/mol. The van der Waals surface area contributed by atoms with Gasteiger partial charge in [0.2, 0.25) is 0 Å². The fourth-order valence-corrected chi connectivity index (χ4v) is 2.22. The normalized spacial score (nSPS) is 10.7. The van der Waals surface area contributed by atoms with E-state index in [1.54, 1.807) is 7.11 Å². The van der Waals surface area contributed by atoms with Crippen LogP contribution in [0.1, 0.15) is 54.9 Å². The van der Waals surface area contributed by atoms with Crippen LogP contribution in [0.4, 0.5) is 0 Å². The Morgan fingerprint density at radius 2 is 2.00 bits per heavy atom. The van der Waals surface area contributed by atoms with Crippen LogP contribution in [-0.2, 0) is 0 Å². The topological polar surface area (TPSA) is 52.3 Å². The summed E-state index contributed by atoms with van der Waals surface area (Å²) >= 11 is 0. The van der Waals surface area contributed by atoms with Crippen molar-refractivity contribution >= 4 is 5.78 Å². The molecule has 100 valence electrons. The van der Waals surface area contributed by atoms with Crippen LogP contribution in [-0.4, -0.2) is 19.4 Å². The third kappa shape index (κ3) is 3.33. The number of Topliss-reactive ketones (excluding diaryl/α,β-unsaturated/α-hetero) is 1. The molecule has 0 heterocycles. The molecule has 0 aliphatic carbocycles. The van der Waals surface area contributed by atoms with Crippen molar-refractivity contribution in [2.75, 3.05) is 13.7 Å². The summed E-state index contributed by atoms with van der Waals surface area (Å²) in [5, 5.41) is 0. The molecule has 1 aromatic carbocycles. The summed E-state index contributed by atoms with van der Waals surface area (Å²) in [6.07, 6.45) is 2.52. The van der Waals surface area contributed by atoms with Crippen molar-refractivity contribution in [2.24, 2.45) is 5.73 Å². The van der Waals surface area contributed by atoms with E-state index in [4.69, 9.17) is 10.5 Å². The number of ketones is 1. The highest BCUT2D eigenvalue weighted by Crippen LogP contribution is 2.28. The Balaban J connectivity index is 3.12.